The molecule has 2 aromatic heterocycles. The highest BCUT2D eigenvalue weighted by molar-refractivity contribution is 7.80. The van der Waals surface area contributed by atoms with Crippen molar-refractivity contribution in [2.75, 3.05) is 19.0 Å². The summed E-state index contributed by atoms with van der Waals surface area (Å²) in [7, 11) is 1.34. The van der Waals surface area contributed by atoms with Crippen molar-refractivity contribution in [1.29, 1.82) is 0 Å². The van der Waals surface area contributed by atoms with Crippen molar-refractivity contribution in [1.82, 2.24) is 15.2 Å². The van der Waals surface area contributed by atoms with E-state index >= 15 is 0 Å². The van der Waals surface area contributed by atoms with Gasteiger partial charge in [-0.3, -0.25) is 9.78 Å². The lowest BCUT2D eigenvalue weighted by Gasteiger charge is -2.25. The Hall–Kier alpha value is -4.57. The number of carbonyl (C=O) groups excluding carboxylic acids is 2. The molecular weight excluding hydrogens is 519 g/mol. The number of nitrogens with one attached hydrogen (secondary N) is 2. The summed E-state index contributed by atoms with van der Waals surface area (Å²) in [6, 6.07) is 21.2. The molecule has 2 atom stereocenters. The molecule has 3 heterocycles. The Morgan fingerprint density at radius 3 is 2.67 bits per heavy atom. The molecule has 198 valence electrons. The van der Waals surface area contributed by atoms with Crippen LogP contribution in [-0.4, -0.2) is 40.5 Å². The third kappa shape index (κ3) is 5.80. The zero-order valence-electron chi connectivity index (χ0n) is 21.0. The zero-order chi connectivity index (χ0) is 27.4. The maximum atomic E-state index is 13.2. The smallest absolute Gasteiger partial charge is 0.337 e. The number of benzene rings is 2. The van der Waals surface area contributed by atoms with E-state index in [0.29, 0.717) is 34.4 Å². The van der Waals surface area contributed by atoms with Crippen molar-refractivity contribution in [3.05, 3.63) is 108 Å². The Balaban J connectivity index is 1.40. The zero-order valence-corrected chi connectivity index (χ0v) is 21.8. The van der Waals surface area contributed by atoms with Crippen molar-refractivity contribution in [3.8, 4) is 11.3 Å². The van der Waals surface area contributed by atoms with Crippen LogP contribution in [0.4, 0.5) is 10.1 Å². The molecule has 1 aliphatic heterocycles. The van der Waals surface area contributed by atoms with Gasteiger partial charge in [0, 0.05) is 30.4 Å². The molecule has 1 fully saturated rings. The van der Waals surface area contributed by atoms with Gasteiger partial charge in [-0.05, 0) is 72.9 Å². The van der Waals surface area contributed by atoms with E-state index in [-0.39, 0.29) is 30.2 Å². The van der Waals surface area contributed by atoms with Crippen molar-refractivity contribution in [2.24, 2.45) is 0 Å². The van der Waals surface area contributed by atoms with Crippen LogP contribution in [-0.2, 0) is 9.53 Å². The van der Waals surface area contributed by atoms with E-state index in [2.05, 4.69) is 15.6 Å². The summed E-state index contributed by atoms with van der Waals surface area (Å²) >= 11 is 5.67. The summed E-state index contributed by atoms with van der Waals surface area (Å²) in [6.45, 7) is 0.306. The molecule has 0 unspecified atom stereocenters. The molecule has 39 heavy (non-hydrogen) atoms. The predicted molar refractivity (Wildman–Crippen MR) is 147 cm³/mol. The number of methoxy groups -OCH3 is 1. The fraction of sp³-hybridized carbons (Fsp3) is 0.172. The Labute approximate surface area is 229 Å². The number of carbonyl (C=O) groups is 2. The van der Waals surface area contributed by atoms with Crippen molar-refractivity contribution >= 4 is 34.9 Å². The number of thiocarbonyl (C=S) groups is 1. The highest BCUT2D eigenvalue weighted by atomic mass is 32.1. The normalized spacial score (nSPS) is 16.6. The Morgan fingerprint density at radius 1 is 1.10 bits per heavy atom. The third-order valence-corrected chi connectivity index (χ3v) is 6.74. The highest BCUT2D eigenvalue weighted by Gasteiger charge is 2.41. The number of ether oxygens (including phenoxy) is 1. The van der Waals surface area contributed by atoms with Crippen molar-refractivity contribution in [3.63, 3.8) is 0 Å². The van der Waals surface area contributed by atoms with E-state index in [4.69, 9.17) is 21.4 Å². The van der Waals surface area contributed by atoms with Gasteiger partial charge >= 0.3 is 5.97 Å². The molecule has 0 saturated carbocycles. The van der Waals surface area contributed by atoms with Gasteiger partial charge in [-0.25, -0.2) is 9.18 Å². The molecule has 0 radical (unpaired) electrons. The number of hydrogen-bond acceptors (Lipinski definition) is 6. The Kier molecular flexibility index (Phi) is 7.64. The van der Waals surface area contributed by atoms with Crippen LogP contribution >= 0.6 is 12.2 Å². The number of amides is 1. The van der Waals surface area contributed by atoms with Crippen LogP contribution in [0.3, 0.4) is 0 Å². The lowest BCUT2D eigenvalue weighted by molar-refractivity contribution is -0.116. The largest absolute Gasteiger partial charge is 0.465 e. The molecule has 2 N–H and O–H groups in total. The van der Waals surface area contributed by atoms with Crippen LogP contribution in [0.15, 0.2) is 89.5 Å². The molecular formula is C29H25FN4O4S. The molecule has 0 bridgehead atoms. The van der Waals surface area contributed by atoms with E-state index in [9.17, 15) is 14.0 Å². The van der Waals surface area contributed by atoms with Gasteiger partial charge in [-0.2, -0.15) is 0 Å². The van der Waals surface area contributed by atoms with Crippen LogP contribution in [0.2, 0.25) is 0 Å². The summed E-state index contributed by atoms with van der Waals surface area (Å²) in [5, 5.41) is 6.58. The van der Waals surface area contributed by atoms with Crippen LogP contribution < -0.4 is 10.6 Å². The third-order valence-electron chi connectivity index (χ3n) is 6.39. The van der Waals surface area contributed by atoms with Gasteiger partial charge in [-0.15, -0.1) is 0 Å². The number of nitrogens with zero attached hydrogens (tertiary/aromatic N) is 2. The average Bonchev–Trinajstić information content (AvgIpc) is 3.58. The summed E-state index contributed by atoms with van der Waals surface area (Å²) in [4.78, 5) is 31.1. The highest BCUT2D eigenvalue weighted by Crippen LogP contribution is 2.40. The summed E-state index contributed by atoms with van der Waals surface area (Å²) in [5.41, 5.74) is 2.42. The first-order chi connectivity index (χ1) is 18.9. The number of esters is 1. The van der Waals surface area contributed by atoms with E-state index in [1.807, 2.05) is 41.3 Å². The quantitative estimate of drug-likeness (QED) is 0.229. The number of anilines is 1. The lowest BCUT2D eigenvalue weighted by Crippen LogP contribution is -2.32. The van der Waals surface area contributed by atoms with Crippen LogP contribution in [0.1, 0.15) is 40.3 Å². The van der Waals surface area contributed by atoms with Gasteiger partial charge in [0.25, 0.3) is 0 Å². The van der Waals surface area contributed by atoms with Gasteiger partial charge in [0.05, 0.1) is 24.4 Å². The second kappa shape index (κ2) is 11.4. The van der Waals surface area contributed by atoms with E-state index in [0.717, 1.165) is 11.3 Å². The van der Waals surface area contributed by atoms with E-state index in [1.165, 1.54) is 31.4 Å². The Morgan fingerprint density at radius 2 is 1.92 bits per heavy atom. The minimum Gasteiger partial charge on any atom is -0.465 e. The number of aromatic nitrogens is 1. The molecule has 1 aliphatic rings. The van der Waals surface area contributed by atoms with Crippen LogP contribution in [0.25, 0.3) is 11.3 Å². The maximum absolute atomic E-state index is 13.2. The molecule has 4 aromatic rings. The summed E-state index contributed by atoms with van der Waals surface area (Å²) in [5.74, 6) is 0.149. The first kappa shape index (κ1) is 26.1. The topological polar surface area (TPSA) is 96.7 Å². The van der Waals surface area contributed by atoms with Crippen molar-refractivity contribution in [2.45, 2.75) is 18.5 Å². The fourth-order valence-corrected chi connectivity index (χ4v) is 4.85. The van der Waals surface area contributed by atoms with Crippen molar-refractivity contribution < 1.29 is 23.1 Å². The summed E-state index contributed by atoms with van der Waals surface area (Å²) in [6.07, 6.45) is 1.85. The van der Waals surface area contributed by atoms with Crippen LogP contribution in [0.5, 0.6) is 0 Å². The first-order valence-corrected chi connectivity index (χ1v) is 12.7. The SMILES string of the molecule is COC(=O)c1cccc(-c2ccc([C@@H]3[C@@H](c4ccccn4)NC(=S)N3CCC(=O)Nc3ccc(F)cc3)o2)c1. The molecule has 0 spiro atoms. The number of rotatable bonds is 8. The predicted octanol–water partition coefficient (Wildman–Crippen LogP) is 5.27. The van der Waals surface area contributed by atoms with E-state index in [1.54, 1.807) is 24.4 Å². The van der Waals surface area contributed by atoms with Gasteiger partial charge in [0.2, 0.25) is 5.91 Å². The number of furan rings is 1. The van der Waals surface area contributed by atoms with Gasteiger partial charge in [0.15, 0.2) is 5.11 Å². The first-order valence-electron chi connectivity index (χ1n) is 12.2. The summed E-state index contributed by atoms with van der Waals surface area (Å²) < 4.78 is 24.4. The molecule has 2 aromatic carbocycles. The second-order valence-corrected chi connectivity index (χ2v) is 9.29. The number of halogens is 1. The minimum absolute atomic E-state index is 0.138. The monoisotopic (exact) mass is 544 g/mol. The molecule has 8 nitrogen and oxygen atoms in total. The number of pyridine rings is 1. The molecule has 5 rings (SSSR count). The minimum atomic E-state index is -0.436. The number of hydrogen-bond donors (Lipinski definition) is 2. The van der Waals surface area contributed by atoms with Gasteiger partial charge in [-0.1, -0.05) is 18.2 Å². The molecule has 0 aliphatic carbocycles. The Bertz CT molecular complexity index is 1490. The fourth-order valence-electron chi connectivity index (χ4n) is 4.52. The van der Waals surface area contributed by atoms with Crippen LogP contribution in [0, 0.1) is 5.82 Å². The second-order valence-electron chi connectivity index (χ2n) is 8.90. The van der Waals surface area contributed by atoms with Gasteiger partial charge in [0.1, 0.15) is 23.4 Å². The standard InChI is InChI=1S/C29H25FN4O4S/c1-37-28(36)19-6-4-5-18(17-19)23-12-13-24(38-23)27-26(22-7-2-3-15-31-22)33-29(39)34(27)16-14-25(35)32-21-10-8-20(30)9-11-21/h2-13,15,17,26-27H,14,16H2,1H3,(H,32,35)(H,33,39)/t26-,27-/m1/s1. The lowest BCUT2D eigenvalue weighted by atomic mass is 10.0. The molecule has 1 amide bonds. The molecule has 1 saturated heterocycles. The average molecular weight is 545 g/mol. The maximum Gasteiger partial charge on any atom is 0.337 e. The van der Waals surface area contributed by atoms with E-state index < -0.39 is 5.97 Å². The molecule has 10 heteroatoms. The van der Waals surface area contributed by atoms with Gasteiger partial charge < -0.3 is 24.7 Å².